The maximum absolute atomic E-state index is 13.1. The van der Waals surface area contributed by atoms with Crippen LogP contribution in [0.3, 0.4) is 0 Å². The van der Waals surface area contributed by atoms with Gasteiger partial charge in [0.2, 0.25) is 0 Å². The van der Waals surface area contributed by atoms with Crippen molar-refractivity contribution in [2.24, 2.45) is 0 Å². The SMILES string of the molecule is O=C(Nc1ccc(NC(=O)c2ccc(F)cc2Br)cc1)NC1CC1. The Morgan fingerprint density at radius 2 is 1.62 bits per heavy atom. The molecular weight excluding hydrogens is 377 g/mol. The maximum Gasteiger partial charge on any atom is 0.319 e. The summed E-state index contributed by atoms with van der Waals surface area (Å²) >= 11 is 3.17. The predicted molar refractivity (Wildman–Crippen MR) is 93.7 cm³/mol. The molecule has 1 fully saturated rings. The van der Waals surface area contributed by atoms with Crippen LogP contribution in [0.4, 0.5) is 20.6 Å². The Morgan fingerprint density at radius 1 is 1.00 bits per heavy atom. The highest BCUT2D eigenvalue weighted by Crippen LogP contribution is 2.21. The van der Waals surface area contributed by atoms with Crippen LogP contribution in [-0.4, -0.2) is 18.0 Å². The number of amides is 3. The van der Waals surface area contributed by atoms with Crippen molar-refractivity contribution in [3.05, 3.63) is 58.3 Å². The topological polar surface area (TPSA) is 70.2 Å². The summed E-state index contributed by atoms with van der Waals surface area (Å²) in [5, 5.41) is 8.28. The number of anilines is 2. The van der Waals surface area contributed by atoms with Crippen LogP contribution in [0.5, 0.6) is 0 Å². The number of hydrogen-bond acceptors (Lipinski definition) is 2. The van der Waals surface area contributed by atoms with E-state index >= 15 is 0 Å². The number of halogens is 2. The van der Waals surface area contributed by atoms with Crippen LogP contribution in [0.25, 0.3) is 0 Å². The van der Waals surface area contributed by atoms with Crippen molar-refractivity contribution in [1.82, 2.24) is 5.32 Å². The third-order valence-corrected chi connectivity index (χ3v) is 4.15. The van der Waals surface area contributed by atoms with Gasteiger partial charge in [-0.2, -0.15) is 0 Å². The number of urea groups is 1. The molecule has 2 aromatic rings. The van der Waals surface area contributed by atoms with E-state index in [2.05, 4.69) is 31.9 Å². The number of hydrogen-bond donors (Lipinski definition) is 3. The molecule has 0 heterocycles. The summed E-state index contributed by atoms with van der Waals surface area (Å²) in [5.74, 6) is -0.771. The maximum atomic E-state index is 13.1. The van der Waals surface area contributed by atoms with Gasteiger partial charge in [0, 0.05) is 21.9 Å². The van der Waals surface area contributed by atoms with Gasteiger partial charge in [-0.05, 0) is 71.2 Å². The number of carbonyl (C=O) groups is 2. The Kier molecular flexibility index (Phi) is 4.80. The Bertz CT molecular complexity index is 776. The van der Waals surface area contributed by atoms with Crippen molar-refractivity contribution >= 4 is 39.2 Å². The van der Waals surface area contributed by atoms with Gasteiger partial charge in [0.1, 0.15) is 5.82 Å². The zero-order valence-corrected chi connectivity index (χ0v) is 14.2. The van der Waals surface area contributed by atoms with Gasteiger partial charge < -0.3 is 16.0 Å². The molecule has 3 N–H and O–H groups in total. The summed E-state index contributed by atoms with van der Waals surface area (Å²) in [6.07, 6.45) is 2.05. The number of benzene rings is 2. The van der Waals surface area contributed by atoms with E-state index in [0.717, 1.165) is 12.8 Å². The molecule has 0 aliphatic heterocycles. The minimum absolute atomic E-state index is 0.232. The van der Waals surface area contributed by atoms with Gasteiger partial charge in [-0.25, -0.2) is 9.18 Å². The molecule has 0 spiro atoms. The van der Waals surface area contributed by atoms with Crippen LogP contribution >= 0.6 is 15.9 Å². The van der Waals surface area contributed by atoms with Crippen molar-refractivity contribution in [3.8, 4) is 0 Å². The molecular formula is C17H15BrFN3O2. The van der Waals surface area contributed by atoms with Gasteiger partial charge in [0.15, 0.2) is 0 Å². The molecule has 3 rings (SSSR count). The normalized spacial score (nSPS) is 13.2. The predicted octanol–water partition coefficient (Wildman–Crippen LogP) is 4.12. The minimum Gasteiger partial charge on any atom is -0.335 e. The highest BCUT2D eigenvalue weighted by Gasteiger charge is 2.23. The lowest BCUT2D eigenvalue weighted by Gasteiger charge is -2.09. The average Bonchev–Trinajstić information content (AvgIpc) is 3.33. The first kappa shape index (κ1) is 16.4. The summed E-state index contributed by atoms with van der Waals surface area (Å²) in [6.45, 7) is 0. The van der Waals surface area contributed by atoms with Crippen LogP contribution in [-0.2, 0) is 0 Å². The summed E-state index contributed by atoms with van der Waals surface area (Å²) in [6, 6.07) is 10.7. The van der Waals surface area contributed by atoms with Crippen LogP contribution in [0.1, 0.15) is 23.2 Å². The molecule has 2 aromatic carbocycles. The lowest BCUT2D eigenvalue weighted by Crippen LogP contribution is -2.30. The second kappa shape index (κ2) is 7.00. The number of rotatable bonds is 4. The fourth-order valence-electron chi connectivity index (χ4n) is 2.09. The molecule has 5 nitrogen and oxygen atoms in total. The fourth-order valence-corrected chi connectivity index (χ4v) is 2.62. The molecule has 3 amide bonds. The van der Waals surface area contributed by atoms with E-state index in [1.54, 1.807) is 24.3 Å². The fraction of sp³-hybridized carbons (Fsp3) is 0.176. The summed E-state index contributed by atoms with van der Waals surface area (Å²) in [4.78, 5) is 23.8. The van der Waals surface area contributed by atoms with Gasteiger partial charge in [0.05, 0.1) is 5.56 Å². The van der Waals surface area contributed by atoms with Crippen molar-refractivity contribution in [2.75, 3.05) is 10.6 Å². The van der Waals surface area contributed by atoms with E-state index < -0.39 is 5.82 Å². The Morgan fingerprint density at radius 3 is 2.21 bits per heavy atom. The van der Waals surface area contributed by atoms with Gasteiger partial charge in [0.25, 0.3) is 5.91 Å². The first-order valence-electron chi connectivity index (χ1n) is 7.45. The van der Waals surface area contributed by atoms with E-state index in [1.165, 1.54) is 18.2 Å². The quantitative estimate of drug-likeness (QED) is 0.733. The second-order valence-electron chi connectivity index (χ2n) is 5.53. The molecule has 124 valence electrons. The first-order chi connectivity index (χ1) is 11.5. The van der Waals surface area contributed by atoms with Crippen LogP contribution in [0.2, 0.25) is 0 Å². The van der Waals surface area contributed by atoms with E-state index in [9.17, 15) is 14.0 Å². The van der Waals surface area contributed by atoms with Crippen molar-refractivity contribution < 1.29 is 14.0 Å². The van der Waals surface area contributed by atoms with Crippen LogP contribution in [0.15, 0.2) is 46.9 Å². The van der Waals surface area contributed by atoms with Crippen molar-refractivity contribution in [3.63, 3.8) is 0 Å². The largest absolute Gasteiger partial charge is 0.335 e. The molecule has 0 bridgehead atoms. The molecule has 0 atom stereocenters. The van der Waals surface area contributed by atoms with Crippen LogP contribution in [0, 0.1) is 5.82 Å². The molecule has 0 radical (unpaired) electrons. The van der Waals surface area contributed by atoms with Crippen molar-refractivity contribution in [2.45, 2.75) is 18.9 Å². The Hall–Kier alpha value is -2.41. The zero-order valence-electron chi connectivity index (χ0n) is 12.6. The average molecular weight is 392 g/mol. The summed E-state index contributed by atoms with van der Waals surface area (Å²) in [7, 11) is 0. The third-order valence-electron chi connectivity index (χ3n) is 3.49. The molecule has 1 saturated carbocycles. The second-order valence-corrected chi connectivity index (χ2v) is 6.38. The molecule has 0 aromatic heterocycles. The molecule has 1 aliphatic carbocycles. The number of nitrogens with one attached hydrogen (secondary N) is 3. The van der Waals surface area contributed by atoms with Gasteiger partial charge >= 0.3 is 6.03 Å². The molecule has 24 heavy (non-hydrogen) atoms. The molecule has 0 unspecified atom stereocenters. The number of carbonyl (C=O) groups excluding carboxylic acids is 2. The van der Waals surface area contributed by atoms with Crippen molar-refractivity contribution in [1.29, 1.82) is 0 Å². The smallest absolute Gasteiger partial charge is 0.319 e. The first-order valence-corrected chi connectivity index (χ1v) is 8.24. The van der Waals surface area contributed by atoms with E-state index in [1.807, 2.05) is 0 Å². The van der Waals surface area contributed by atoms with Gasteiger partial charge in [-0.3, -0.25) is 4.79 Å². The van der Waals surface area contributed by atoms with Gasteiger partial charge in [-0.1, -0.05) is 0 Å². The van der Waals surface area contributed by atoms with E-state index in [4.69, 9.17) is 0 Å². The molecule has 1 aliphatic rings. The highest BCUT2D eigenvalue weighted by molar-refractivity contribution is 9.10. The standard InChI is InChI=1S/C17H15BrFN3O2/c18-15-9-10(19)1-8-14(15)16(23)20-11-2-4-12(5-3-11)21-17(24)22-13-6-7-13/h1-5,8-9,13H,6-7H2,(H,20,23)(H2,21,22,24). The summed E-state index contributed by atoms with van der Waals surface area (Å²) < 4.78 is 13.5. The van der Waals surface area contributed by atoms with E-state index in [-0.39, 0.29) is 18.0 Å². The molecule has 7 heteroatoms. The minimum atomic E-state index is -0.418. The Balaban J connectivity index is 1.60. The highest BCUT2D eigenvalue weighted by atomic mass is 79.9. The zero-order chi connectivity index (χ0) is 17.1. The lowest BCUT2D eigenvalue weighted by molar-refractivity contribution is 0.102. The van der Waals surface area contributed by atoms with Gasteiger partial charge in [-0.15, -0.1) is 0 Å². The Labute approximate surface area is 146 Å². The van der Waals surface area contributed by atoms with Crippen LogP contribution < -0.4 is 16.0 Å². The monoisotopic (exact) mass is 391 g/mol. The lowest BCUT2D eigenvalue weighted by atomic mass is 10.2. The third kappa shape index (κ3) is 4.32. The molecule has 0 saturated heterocycles. The summed E-state index contributed by atoms with van der Waals surface area (Å²) in [5.41, 5.74) is 1.54. The van der Waals surface area contributed by atoms with E-state index in [0.29, 0.717) is 21.4 Å².